The van der Waals surface area contributed by atoms with E-state index >= 15 is 0 Å². The number of hydrogen-bond donors (Lipinski definition) is 0. The monoisotopic (exact) mass is 616 g/mol. The molecular weight excluding hydrogens is 584 g/mol. The smallest absolute Gasteiger partial charge is 0.411 e. The number of nitrogens with zero attached hydrogens (tertiary/aromatic N) is 6. The van der Waals surface area contributed by atoms with Crippen LogP contribution in [0.4, 0.5) is 4.79 Å². The zero-order valence-electron chi connectivity index (χ0n) is 24.6. The molecule has 1 atom stereocenters. The van der Waals surface area contributed by atoms with Gasteiger partial charge in [0.2, 0.25) is 0 Å². The lowest BCUT2D eigenvalue weighted by atomic mass is 10.1. The number of likely N-dealkylation sites (tertiary alicyclic amines) is 1. The van der Waals surface area contributed by atoms with Crippen LogP contribution in [0.2, 0.25) is 0 Å². The third kappa shape index (κ3) is 5.50. The number of ether oxygens (including phenoxy) is 2. The predicted octanol–water partition coefficient (Wildman–Crippen LogP) is 4.47. The van der Waals surface area contributed by atoms with E-state index in [9.17, 15) is 18.0 Å². The van der Waals surface area contributed by atoms with Crippen LogP contribution < -0.4 is 0 Å². The van der Waals surface area contributed by atoms with Gasteiger partial charge in [-0.1, -0.05) is 18.2 Å². The second-order valence-electron chi connectivity index (χ2n) is 11.5. The fraction of sp³-hybridized carbons (Fsp3) is 0.323. The van der Waals surface area contributed by atoms with Crippen LogP contribution in [-0.2, 0) is 30.7 Å². The third-order valence-corrected chi connectivity index (χ3v) is 9.12. The number of amides is 1. The lowest BCUT2D eigenvalue weighted by Crippen LogP contribution is -2.44. The van der Waals surface area contributed by atoms with Crippen molar-refractivity contribution in [2.75, 3.05) is 13.2 Å². The summed E-state index contributed by atoms with van der Waals surface area (Å²) in [5, 5.41) is 9.17. The van der Waals surface area contributed by atoms with Crippen LogP contribution >= 0.6 is 0 Å². The topological polar surface area (TPSA) is 138 Å². The summed E-state index contributed by atoms with van der Waals surface area (Å²) >= 11 is 0. The van der Waals surface area contributed by atoms with E-state index in [4.69, 9.17) is 9.47 Å². The van der Waals surface area contributed by atoms with Crippen molar-refractivity contribution in [3.63, 3.8) is 0 Å². The number of carbonyl (C=O) groups is 2. The molecule has 1 aromatic carbocycles. The molecule has 1 aliphatic rings. The van der Waals surface area contributed by atoms with E-state index in [0.717, 1.165) is 16.6 Å². The van der Waals surface area contributed by atoms with Gasteiger partial charge in [0.1, 0.15) is 11.6 Å². The summed E-state index contributed by atoms with van der Waals surface area (Å²) in [5.41, 5.74) is 2.18. The van der Waals surface area contributed by atoms with Crippen molar-refractivity contribution in [3.05, 3.63) is 78.9 Å². The van der Waals surface area contributed by atoms with E-state index in [1.54, 1.807) is 75.8 Å². The molecule has 1 unspecified atom stereocenters. The Kier molecular flexibility index (Phi) is 7.58. The van der Waals surface area contributed by atoms with Gasteiger partial charge in [0.15, 0.2) is 5.65 Å². The standard InChI is InChI=1S/C31H32N6O6S/c1-31(2,3)43-30(39)35-17-8-12-27(35)29(38)42-18-14-21-19-24-23(25-20-34-37-26(25)11-7-15-33-37)13-16-32-28(24)36(21)44(40,41)22-9-5-4-6-10-22/h4-7,9-11,13,15-16,19-20,27H,8,12,14,17-18H2,1-3H3. The number of carbonyl (C=O) groups excluding carboxylic acids is 2. The molecule has 228 valence electrons. The lowest BCUT2D eigenvalue weighted by Gasteiger charge is -2.27. The number of aromatic nitrogens is 5. The second kappa shape index (κ2) is 11.4. The lowest BCUT2D eigenvalue weighted by molar-refractivity contribution is -0.148. The van der Waals surface area contributed by atoms with Gasteiger partial charge in [-0.25, -0.2) is 27.0 Å². The summed E-state index contributed by atoms with van der Waals surface area (Å²) in [7, 11) is -4.07. The van der Waals surface area contributed by atoms with Crippen molar-refractivity contribution in [1.82, 2.24) is 28.7 Å². The Bertz CT molecular complexity index is 1960. The molecular formula is C31H32N6O6S. The molecule has 0 saturated carbocycles. The van der Waals surface area contributed by atoms with Crippen LogP contribution in [-0.4, -0.2) is 74.0 Å². The molecule has 4 aromatic heterocycles. The van der Waals surface area contributed by atoms with Crippen LogP contribution in [0.15, 0.2) is 78.1 Å². The minimum absolute atomic E-state index is 0.0864. The molecule has 6 rings (SSSR count). The molecule has 5 heterocycles. The number of esters is 1. The molecule has 0 radical (unpaired) electrons. The van der Waals surface area contributed by atoms with Gasteiger partial charge in [0, 0.05) is 42.0 Å². The van der Waals surface area contributed by atoms with Crippen molar-refractivity contribution in [3.8, 4) is 11.1 Å². The van der Waals surface area contributed by atoms with E-state index in [1.807, 2.05) is 6.07 Å². The summed E-state index contributed by atoms with van der Waals surface area (Å²) in [5.74, 6) is -0.556. The highest BCUT2D eigenvalue weighted by atomic mass is 32.2. The first-order valence-corrected chi connectivity index (χ1v) is 15.7. The minimum atomic E-state index is -4.07. The summed E-state index contributed by atoms with van der Waals surface area (Å²) < 4.78 is 41.8. The van der Waals surface area contributed by atoms with E-state index in [1.165, 1.54) is 25.6 Å². The molecule has 0 spiro atoms. The fourth-order valence-corrected chi connectivity index (χ4v) is 6.98. The summed E-state index contributed by atoms with van der Waals surface area (Å²) in [6.45, 7) is 5.59. The van der Waals surface area contributed by atoms with Gasteiger partial charge in [-0.3, -0.25) is 4.90 Å². The van der Waals surface area contributed by atoms with Crippen LogP contribution in [0.1, 0.15) is 39.3 Å². The second-order valence-corrected chi connectivity index (χ2v) is 13.3. The van der Waals surface area contributed by atoms with Gasteiger partial charge >= 0.3 is 12.1 Å². The molecule has 12 nitrogen and oxygen atoms in total. The van der Waals surface area contributed by atoms with Gasteiger partial charge in [-0.2, -0.15) is 14.8 Å². The van der Waals surface area contributed by atoms with Crippen LogP contribution in [0.3, 0.4) is 0 Å². The number of pyridine rings is 1. The SMILES string of the molecule is CC(C)(C)OC(=O)N1CCCC1C(=O)OCCc1cc2c(-c3cnn4ncccc34)ccnc2n1S(=O)(=O)c1ccccc1. The molecule has 1 saturated heterocycles. The Hall–Kier alpha value is -4.78. The van der Waals surface area contributed by atoms with Gasteiger partial charge in [-0.15, -0.1) is 0 Å². The average molecular weight is 617 g/mol. The van der Waals surface area contributed by atoms with Crippen LogP contribution in [0, 0.1) is 0 Å². The highest BCUT2D eigenvalue weighted by Gasteiger charge is 2.37. The molecule has 0 N–H and O–H groups in total. The zero-order valence-corrected chi connectivity index (χ0v) is 25.4. The van der Waals surface area contributed by atoms with Gasteiger partial charge in [-0.05, 0) is 75.6 Å². The number of rotatable bonds is 7. The highest BCUT2D eigenvalue weighted by molar-refractivity contribution is 7.90. The molecule has 1 aliphatic heterocycles. The summed E-state index contributed by atoms with van der Waals surface area (Å²) in [4.78, 5) is 31.8. The number of fused-ring (bicyclic) bond motifs is 2. The first kappa shape index (κ1) is 29.3. The maximum Gasteiger partial charge on any atom is 0.411 e. The molecule has 1 fully saturated rings. The van der Waals surface area contributed by atoms with Crippen molar-refractivity contribution in [1.29, 1.82) is 0 Å². The Labute approximate surface area is 254 Å². The summed E-state index contributed by atoms with van der Waals surface area (Å²) in [6.07, 6.45) is 5.50. The quantitative estimate of drug-likeness (QED) is 0.243. The van der Waals surface area contributed by atoms with E-state index in [-0.39, 0.29) is 23.6 Å². The Morgan fingerprint density at radius 3 is 2.57 bits per heavy atom. The van der Waals surface area contributed by atoms with Crippen molar-refractivity contribution in [2.45, 2.75) is 56.6 Å². The number of benzene rings is 1. The Morgan fingerprint density at radius 1 is 1.00 bits per heavy atom. The first-order valence-electron chi connectivity index (χ1n) is 14.3. The van der Waals surface area contributed by atoms with Gasteiger partial charge < -0.3 is 9.47 Å². The third-order valence-electron chi connectivity index (χ3n) is 7.36. The molecule has 0 bridgehead atoms. The van der Waals surface area contributed by atoms with Crippen LogP contribution in [0.25, 0.3) is 27.7 Å². The highest BCUT2D eigenvalue weighted by Crippen LogP contribution is 2.34. The molecule has 1 amide bonds. The minimum Gasteiger partial charge on any atom is -0.464 e. The normalized spacial score (nSPS) is 15.6. The predicted molar refractivity (Wildman–Crippen MR) is 161 cm³/mol. The van der Waals surface area contributed by atoms with Gasteiger partial charge in [0.05, 0.1) is 23.2 Å². The maximum absolute atomic E-state index is 14.0. The van der Waals surface area contributed by atoms with Gasteiger partial charge in [0.25, 0.3) is 10.0 Å². The van der Waals surface area contributed by atoms with Crippen molar-refractivity contribution < 1.29 is 27.5 Å². The average Bonchev–Trinajstić information content (AvgIpc) is 3.74. The fourth-order valence-electron chi connectivity index (χ4n) is 5.45. The van der Waals surface area contributed by atoms with E-state index in [2.05, 4.69) is 15.2 Å². The van der Waals surface area contributed by atoms with E-state index < -0.39 is 33.7 Å². The van der Waals surface area contributed by atoms with Crippen molar-refractivity contribution >= 4 is 38.6 Å². The zero-order chi connectivity index (χ0) is 31.1. The Morgan fingerprint density at radius 2 is 1.80 bits per heavy atom. The Balaban J connectivity index is 1.33. The molecule has 5 aromatic rings. The first-order chi connectivity index (χ1) is 21.0. The summed E-state index contributed by atoms with van der Waals surface area (Å²) in [6, 6.07) is 14.6. The molecule has 44 heavy (non-hydrogen) atoms. The van der Waals surface area contributed by atoms with Crippen molar-refractivity contribution in [2.24, 2.45) is 0 Å². The maximum atomic E-state index is 14.0. The molecule has 13 heteroatoms. The molecule has 0 aliphatic carbocycles. The number of hydrogen-bond acceptors (Lipinski definition) is 9. The largest absolute Gasteiger partial charge is 0.464 e. The van der Waals surface area contributed by atoms with E-state index in [0.29, 0.717) is 30.5 Å². The van der Waals surface area contributed by atoms with Crippen LogP contribution in [0.5, 0.6) is 0 Å².